The third-order valence-electron chi connectivity index (χ3n) is 3.24. The Hall–Kier alpha value is -2.98. The van der Waals surface area contributed by atoms with Gasteiger partial charge in [-0.1, -0.05) is 0 Å². The number of anilines is 1. The van der Waals surface area contributed by atoms with Crippen molar-refractivity contribution in [1.29, 1.82) is 0 Å². The summed E-state index contributed by atoms with van der Waals surface area (Å²) in [4.78, 5) is 27.2. The summed E-state index contributed by atoms with van der Waals surface area (Å²) in [5.74, 6) is -0.809. The van der Waals surface area contributed by atoms with Gasteiger partial charge in [-0.25, -0.2) is 18.1 Å². The van der Waals surface area contributed by atoms with Crippen LogP contribution >= 0.6 is 0 Å². The summed E-state index contributed by atoms with van der Waals surface area (Å²) in [6, 6.07) is 8.42. The Morgan fingerprint density at radius 3 is 2.44 bits per heavy atom. The molecule has 1 aromatic carbocycles. The first kappa shape index (κ1) is 20.3. The van der Waals surface area contributed by atoms with Crippen molar-refractivity contribution in [3.05, 3.63) is 48.2 Å². The van der Waals surface area contributed by atoms with E-state index in [1.807, 2.05) is 4.72 Å². The molecular formula is C17H19N3O6S. The second kappa shape index (κ2) is 9.10. The largest absolute Gasteiger partial charge is 0.475 e. The van der Waals surface area contributed by atoms with E-state index < -0.39 is 21.8 Å². The van der Waals surface area contributed by atoms with Gasteiger partial charge in [0.05, 0.1) is 11.5 Å². The number of sulfonamides is 1. The molecule has 27 heavy (non-hydrogen) atoms. The molecule has 0 spiro atoms. The summed E-state index contributed by atoms with van der Waals surface area (Å²) in [6.45, 7) is 1.80. The van der Waals surface area contributed by atoms with E-state index in [4.69, 9.17) is 9.47 Å². The molecule has 0 atom stereocenters. The molecule has 1 heterocycles. The number of carbonyl (C=O) groups excluding carboxylic acids is 2. The molecule has 1 aromatic heterocycles. The lowest BCUT2D eigenvalue weighted by Gasteiger charge is -2.09. The number of pyridine rings is 1. The minimum absolute atomic E-state index is 0.0894. The Morgan fingerprint density at radius 2 is 1.81 bits per heavy atom. The summed E-state index contributed by atoms with van der Waals surface area (Å²) in [5.41, 5.74) is 0.716. The lowest BCUT2D eigenvalue weighted by molar-refractivity contribution is -0.117. The monoisotopic (exact) mass is 393 g/mol. The number of nitrogens with zero attached hydrogens (tertiary/aromatic N) is 1. The van der Waals surface area contributed by atoms with Gasteiger partial charge in [-0.2, -0.15) is 0 Å². The molecule has 10 heteroatoms. The first-order chi connectivity index (χ1) is 12.8. The summed E-state index contributed by atoms with van der Waals surface area (Å²) < 4.78 is 35.9. The smallest absolute Gasteiger partial charge is 0.264 e. The molecule has 2 rings (SSSR count). The van der Waals surface area contributed by atoms with Crippen LogP contribution < -0.4 is 14.8 Å². The van der Waals surface area contributed by atoms with E-state index in [1.54, 1.807) is 7.11 Å². The second-order valence-corrected chi connectivity index (χ2v) is 7.05. The molecule has 0 unspecified atom stereocenters. The molecule has 0 aliphatic rings. The molecule has 0 radical (unpaired) electrons. The fraction of sp³-hybridized carbons (Fsp3) is 0.235. The molecule has 0 bridgehead atoms. The maximum absolute atomic E-state index is 12.3. The summed E-state index contributed by atoms with van der Waals surface area (Å²) >= 11 is 0. The minimum atomic E-state index is -3.92. The highest BCUT2D eigenvalue weighted by molar-refractivity contribution is 7.90. The molecule has 0 aliphatic heterocycles. The van der Waals surface area contributed by atoms with Gasteiger partial charge in [0.25, 0.3) is 15.9 Å². The van der Waals surface area contributed by atoms with Crippen molar-refractivity contribution in [3.63, 3.8) is 0 Å². The number of benzene rings is 1. The van der Waals surface area contributed by atoms with E-state index in [2.05, 4.69) is 10.3 Å². The molecule has 2 N–H and O–H groups in total. The van der Waals surface area contributed by atoms with Crippen molar-refractivity contribution in [1.82, 2.24) is 9.71 Å². The number of aromatic nitrogens is 1. The van der Waals surface area contributed by atoms with Crippen LogP contribution in [0.1, 0.15) is 17.3 Å². The number of carbonyl (C=O) groups is 2. The number of hydrogen-bond donors (Lipinski definition) is 2. The normalized spacial score (nSPS) is 10.9. The third kappa shape index (κ3) is 6.04. The second-order valence-electron chi connectivity index (χ2n) is 5.36. The van der Waals surface area contributed by atoms with Crippen LogP contribution in [0, 0.1) is 0 Å². The van der Waals surface area contributed by atoms with Gasteiger partial charge in [0.1, 0.15) is 6.61 Å². The van der Waals surface area contributed by atoms with Crippen LogP contribution in [0.15, 0.2) is 47.5 Å². The zero-order valence-corrected chi connectivity index (χ0v) is 15.6. The van der Waals surface area contributed by atoms with Crippen LogP contribution in [0.5, 0.6) is 5.88 Å². The van der Waals surface area contributed by atoms with Crippen molar-refractivity contribution < 1.29 is 27.5 Å². The molecular weight excluding hydrogens is 374 g/mol. The van der Waals surface area contributed by atoms with Crippen LogP contribution in [0.2, 0.25) is 0 Å². The number of rotatable bonds is 8. The Morgan fingerprint density at radius 1 is 1.11 bits per heavy atom. The molecule has 2 aromatic rings. The molecule has 144 valence electrons. The topological polar surface area (TPSA) is 124 Å². The highest BCUT2D eigenvalue weighted by Crippen LogP contribution is 2.16. The molecule has 0 aliphatic carbocycles. The summed E-state index contributed by atoms with van der Waals surface area (Å²) in [7, 11) is -2.37. The predicted molar refractivity (Wildman–Crippen MR) is 97.0 cm³/mol. The fourth-order valence-corrected chi connectivity index (χ4v) is 3.02. The van der Waals surface area contributed by atoms with E-state index >= 15 is 0 Å². The number of methoxy groups -OCH3 is 1. The van der Waals surface area contributed by atoms with Crippen LogP contribution in [0.4, 0.5) is 5.69 Å². The predicted octanol–water partition coefficient (Wildman–Crippen LogP) is 1.18. The lowest BCUT2D eigenvalue weighted by atomic mass is 10.2. The van der Waals surface area contributed by atoms with Gasteiger partial charge in [0.2, 0.25) is 11.8 Å². The van der Waals surface area contributed by atoms with Gasteiger partial charge in [-0.05, 0) is 30.3 Å². The average molecular weight is 393 g/mol. The van der Waals surface area contributed by atoms with E-state index in [0.29, 0.717) is 24.5 Å². The highest BCUT2D eigenvalue weighted by Gasteiger charge is 2.15. The van der Waals surface area contributed by atoms with Crippen molar-refractivity contribution in [3.8, 4) is 5.88 Å². The number of ether oxygens (including phenoxy) is 2. The van der Waals surface area contributed by atoms with E-state index in [0.717, 1.165) is 6.92 Å². The summed E-state index contributed by atoms with van der Waals surface area (Å²) in [6.07, 6.45) is 1.44. The minimum Gasteiger partial charge on any atom is -0.475 e. The van der Waals surface area contributed by atoms with E-state index in [1.165, 1.54) is 42.6 Å². The van der Waals surface area contributed by atoms with Crippen molar-refractivity contribution >= 4 is 27.5 Å². The zero-order valence-electron chi connectivity index (χ0n) is 14.8. The Balaban J connectivity index is 2.06. The van der Waals surface area contributed by atoms with Crippen molar-refractivity contribution in [2.45, 2.75) is 11.8 Å². The molecule has 0 saturated heterocycles. The van der Waals surface area contributed by atoms with Gasteiger partial charge < -0.3 is 14.8 Å². The molecule has 9 nitrogen and oxygen atoms in total. The molecule has 0 saturated carbocycles. The maximum atomic E-state index is 12.3. The number of amides is 2. The van der Waals surface area contributed by atoms with E-state index in [9.17, 15) is 18.0 Å². The fourth-order valence-electron chi connectivity index (χ4n) is 2.03. The van der Waals surface area contributed by atoms with Crippen molar-refractivity contribution in [2.24, 2.45) is 0 Å². The van der Waals surface area contributed by atoms with Gasteiger partial charge in [0, 0.05) is 37.5 Å². The van der Waals surface area contributed by atoms with E-state index in [-0.39, 0.29) is 10.8 Å². The third-order valence-corrected chi connectivity index (χ3v) is 4.68. The van der Waals surface area contributed by atoms with Gasteiger partial charge in [0.15, 0.2) is 0 Å². The highest BCUT2D eigenvalue weighted by atomic mass is 32.2. The van der Waals surface area contributed by atoms with Crippen LogP contribution in [-0.4, -0.2) is 45.5 Å². The zero-order chi connectivity index (χ0) is 19.9. The maximum Gasteiger partial charge on any atom is 0.264 e. The first-order valence-electron chi connectivity index (χ1n) is 7.84. The molecule has 0 fully saturated rings. The average Bonchev–Trinajstić information content (AvgIpc) is 2.61. The lowest BCUT2D eigenvalue weighted by Crippen LogP contribution is -2.28. The Kier molecular flexibility index (Phi) is 6.85. The quantitative estimate of drug-likeness (QED) is 0.646. The van der Waals surface area contributed by atoms with Gasteiger partial charge in [-0.15, -0.1) is 0 Å². The standard InChI is InChI=1S/C17H19N3O6S/c1-12(21)20-27(23,24)15-5-3-14(4-6-15)19-17(22)13-7-8-18-16(11-13)26-10-9-25-2/h3-8,11H,9-10H2,1-2H3,(H,19,22)(H,20,21). The number of hydrogen-bond acceptors (Lipinski definition) is 7. The van der Waals surface area contributed by atoms with Gasteiger partial charge in [-0.3, -0.25) is 9.59 Å². The summed E-state index contributed by atoms with van der Waals surface area (Å²) in [5, 5.41) is 2.64. The number of nitrogens with one attached hydrogen (secondary N) is 2. The van der Waals surface area contributed by atoms with Crippen LogP contribution in [-0.2, 0) is 19.6 Å². The van der Waals surface area contributed by atoms with Crippen LogP contribution in [0.3, 0.4) is 0 Å². The Bertz CT molecular complexity index is 913. The van der Waals surface area contributed by atoms with Crippen molar-refractivity contribution in [2.75, 3.05) is 25.6 Å². The first-order valence-corrected chi connectivity index (χ1v) is 9.33. The SMILES string of the molecule is COCCOc1cc(C(=O)Nc2ccc(S(=O)(=O)NC(C)=O)cc2)ccn1. The Labute approximate surface area is 156 Å². The van der Waals surface area contributed by atoms with Crippen LogP contribution in [0.25, 0.3) is 0 Å². The molecule has 2 amide bonds. The van der Waals surface area contributed by atoms with Gasteiger partial charge >= 0.3 is 0 Å².